The third-order valence-electron chi connectivity index (χ3n) is 5.50. The summed E-state index contributed by atoms with van der Waals surface area (Å²) in [5.74, 6) is 0.955. The van der Waals surface area contributed by atoms with Crippen LogP contribution in [0.2, 0.25) is 0 Å². The van der Waals surface area contributed by atoms with E-state index in [4.69, 9.17) is 18.9 Å². The summed E-state index contributed by atoms with van der Waals surface area (Å²) in [6.07, 6.45) is 1.62. The number of amides is 2. The molecule has 0 saturated carbocycles. The lowest BCUT2D eigenvalue weighted by Gasteiger charge is -2.42. The van der Waals surface area contributed by atoms with Crippen LogP contribution >= 0.6 is 0 Å². The van der Waals surface area contributed by atoms with Crippen molar-refractivity contribution in [2.24, 2.45) is 0 Å². The third-order valence-corrected chi connectivity index (χ3v) is 5.50. The van der Waals surface area contributed by atoms with Gasteiger partial charge in [0.1, 0.15) is 5.60 Å². The monoisotopic (exact) mass is 476 g/mol. The highest BCUT2D eigenvalue weighted by Crippen LogP contribution is 2.31. The first-order valence-electron chi connectivity index (χ1n) is 11.8. The Morgan fingerprint density at radius 1 is 1.18 bits per heavy atom. The molecule has 0 aliphatic carbocycles. The molecule has 1 fully saturated rings. The number of likely N-dealkylation sites (tertiary alicyclic amines) is 1. The summed E-state index contributed by atoms with van der Waals surface area (Å²) >= 11 is 0. The second-order valence-corrected chi connectivity index (χ2v) is 9.72. The molecule has 1 unspecified atom stereocenters. The number of ether oxygens (including phenoxy) is 4. The number of rotatable bonds is 9. The maximum Gasteiger partial charge on any atom is 0.414 e. The smallest absolute Gasteiger partial charge is 0.414 e. The third kappa shape index (κ3) is 7.38. The van der Waals surface area contributed by atoms with E-state index in [1.807, 2.05) is 39.5 Å². The number of benzene rings is 1. The van der Waals surface area contributed by atoms with Gasteiger partial charge in [-0.2, -0.15) is 0 Å². The lowest BCUT2D eigenvalue weighted by Crippen LogP contribution is -2.53. The van der Waals surface area contributed by atoms with Crippen molar-refractivity contribution in [1.82, 2.24) is 9.80 Å². The van der Waals surface area contributed by atoms with Crippen LogP contribution in [0.5, 0.6) is 11.5 Å². The summed E-state index contributed by atoms with van der Waals surface area (Å²) < 4.78 is 21.9. The van der Waals surface area contributed by atoms with Gasteiger partial charge in [-0.1, -0.05) is 6.58 Å². The van der Waals surface area contributed by atoms with Gasteiger partial charge in [-0.05, 0) is 65.7 Å². The fraction of sp³-hybridized carbons (Fsp3) is 0.615. The van der Waals surface area contributed by atoms with Crippen molar-refractivity contribution in [2.75, 3.05) is 34.0 Å². The molecule has 1 aromatic rings. The van der Waals surface area contributed by atoms with Crippen molar-refractivity contribution >= 4 is 12.0 Å². The number of carbonyl (C=O) groups is 2. The summed E-state index contributed by atoms with van der Waals surface area (Å²) in [7, 11) is 3.21. The predicted molar refractivity (Wildman–Crippen MR) is 131 cm³/mol. The molecule has 2 rings (SSSR count). The number of nitrogens with zero attached hydrogens (tertiary/aromatic N) is 2. The van der Waals surface area contributed by atoms with Gasteiger partial charge < -0.3 is 23.8 Å². The molecule has 1 aliphatic heterocycles. The van der Waals surface area contributed by atoms with Crippen LogP contribution in [0.25, 0.3) is 0 Å². The van der Waals surface area contributed by atoms with Gasteiger partial charge in [-0.25, -0.2) is 4.79 Å². The van der Waals surface area contributed by atoms with Crippen LogP contribution in [0.4, 0.5) is 4.79 Å². The van der Waals surface area contributed by atoms with Gasteiger partial charge in [0.25, 0.3) is 5.91 Å². The molecule has 1 aromatic carbocycles. The quantitative estimate of drug-likeness (QED) is 0.473. The molecule has 8 nitrogen and oxygen atoms in total. The number of piperidine rings is 1. The Hall–Kier alpha value is -2.74. The minimum absolute atomic E-state index is 0.0717. The van der Waals surface area contributed by atoms with Crippen molar-refractivity contribution < 1.29 is 28.5 Å². The maximum absolute atomic E-state index is 13.7. The predicted octanol–water partition coefficient (Wildman–Crippen LogP) is 4.87. The molecule has 1 heterocycles. The van der Waals surface area contributed by atoms with E-state index in [2.05, 4.69) is 6.58 Å². The van der Waals surface area contributed by atoms with E-state index in [1.54, 1.807) is 37.3 Å². The van der Waals surface area contributed by atoms with Gasteiger partial charge in [0.15, 0.2) is 11.5 Å². The number of allylic oxidation sites excluding steroid dienone is 1. The highest BCUT2D eigenvalue weighted by molar-refractivity contribution is 5.95. The molecule has 0 bridgehead atoms. The minimum Gasteiger partial charge on any atom is -0.493 e. The van der Waals surface area contributed by atoms with E-state index in [-0.39, 0.29) is 18.0 Å². The molecule has 1 saturated heterocycles. The summed E-state index contributed by atoms with van der Waals surface area (Å²) in [5, 5.41) is 0. The van der Waals surface area contributed by atoms with E-state index >= 15 is 0 Å². The zero-order chi connectivity index (χ0) is 25.5. The van der Waals surface area contributed by atoms with Gasteiger partial charge in [-0.15, -0.1) is 0 Å². The summed E-state index contributed by atoms with van der Waals surface area (Å²) in [6, 6.07) is 4.96. The summed E-state index contributed by atoms with van der Waals surface area (Å²) in [6.45, 7) is 14.9. The Bertz CT molecular complexity index is 861. The first-order valence-corrected chi connectivity index (χ1v) is 11.8. The normalized spacial score (nSPS) is 16.4. The molecular formula is C26H40N2O6. The Morgan fingerprint density at radius 3 is 2.47 bits per heavy atom. The van der Waals surface area contributed by atoms with Crippen molar-refractivity contribution in [3.63, 3.8) is 0 Å². The van der Waals surface area contributed by atoms with Crippen molar-refractivity contribution in [3.8, 4) is 11.5 Å². The van der Waals surface area contributed by atoms with Crippen LogP contribution < -0.4 is 9.47 Å². The molecule has 0 spiro atoms. The summed E-state index contributed by atoms with van der Waals surface area (Å²) in [5.41, 5.74) is 0.600. The van der Waals surface area contributed by atoms with Crippen LogP contribution in [-0.4, -0.2) is 73.5 Å². The van der Waals surface area contributed by atoms with Gasteiger partial charge in [0, 0.05) is 44.0 Å². The second kappa shape index (κ2) is 12.1. The Balaban J connectivity index is 2.24. The molecule has 190 valence electrons. The molecule has 0 N–H and O–H groups in total. The van der Waals surface area contributed by atoms with Gasteiger partial charge in [0.2, 0.25) is 0 Å². The van der Waals surface area contributed by atoms with Crippen LogP contribution in [0, 0.1) is 0 Å². The molecule has 0 aromatic heterocycles. The van der Waals surface area contributed by atoms with Crippen LogP contribution in [-0.2, 0) is 9.47 Å². The lowest BCUT2D eigenvalue weighted by atomic mass is 9.99. The van der Waals surface area contributed by atoms with Gasteiger partial charge >= 0.3 is 6.09 Å². The van der Waals surface area contributed by atoms with Crippen LogP contribution in [0.3, 0.4) is 0 Å². The molecule has 0 radical (unpaired) electrons. The highest BCUT2D eigenvalue weighted by atomic mass is 16.6. The van der Waals surface area contributed by atoms with Crippen molar-refractivity contribution in [2.45, 2.75) is 71.6 Å². The van der Waals surface area contributed by atoms with E-state index in [0.29, 0.717) is 48.9 Å². The van der Waals surface area contributed by atoms with Gasteiger partial charge in [-0.3, -0.25) is 9.69 Å². The largest absolute Gasteiger partial charge is 0.493 e. The highest BCUT2D eigenvalue weighted by Gasteiger charge is 2.36. The second-order valence-electron chi connectivity index (χ2n) is 9.72. The first-order chi connectivity index (χ1) is 16.0. The number of hydrogen-bond donors (Lipinski definition) is 0. The fourth-order valence-corrected chi connectivity index (χ4v) is 3.93. The maximum atomic E-state index is 13.7. The lowest BCUT2D eigenvalue weighted by molar-refractivity contribution is 0.0166. The summed E-state index contributed by atoms with van der Waals surface area (Å²) in [4.78, 5) is 29.8. The van der Waals surface area contributed by atoms with Crippen LogP contribution in [0.15, 0.2) is 30.5 Å². The fourth-order valence-electron chi connectivity index (χ4n) is 3.93. The van der Waals surface area contributed by atoms with Crippen molar-refractivity contribution in [1.29, 1.82) is 0 Å². The molecule has 8 heteroatoms. The van der Waals surface area contributed by atoms with Crippen LogP contribution in [0.1, 0.15) is 64.2 Å². The Morgan fingerprint density at radius 2 is 1.88 bits per heavy atom. The zero-order valence-electron chi connectivity index (χ0n) is 21.7. The van der Waals surface area contributed by atoms with E-state index < -0.39 is 11.7 Å². The average molecular weight is 477 g/mol. The molecule has 1 atom stereocenters. The van der Waals surface area contributed by atoms with E-state index in [9.17, 15) is 9.59 Å². The Kier molecular flexibility index (Phi) is 9.79. The standard InChI is InChI=1S/C26H40N2O6/c1-18(2)28(21-12-10-19(3)27(17-21)25(30)34-26(4,5)6)24(29)20-11-13-22(32-8)23(16-20)33-15-9-14-31-7/h11,13,16,18,21H,3,9-10,12,14-15,17H2,1-2,4-8H3. The SMILES string of the molecule is C=C1CCC(N(C(=O)c2ccc(OC)c(OCCCOC)c2)C(C)C)CN1C(=O)OC(C)(C)C. The van der Waals surface area contributed by atoms with Crippen molar-refractivity contribution in [3.05, 3.63) is 36.0 Å². The molecule has 2 amide bonds. The minimum atomic E-state index is -0.611. The average Bonchev–Trinajstić information content (AvgIpc) is 2.76. The molecular weight excluding hydrogens is 436 g/mol. The Labute approximate surface area is 203 Å². The number of methoxy groups -OCH3 is 2. The first kappa shape index (κ1) is 27.5. The topological polar surface area (TPSA) is 77.5 Å². The van der Waals surface area contributed by atoms with Gasteiger partial charge in [0.05, 0.1) is 19.8 Å². The molecule has 34 heavy (non-hydrogen) atoms. The molecule has 1 aliphatic rings. The zero-order valence-corrected chi connectivity index (χ0v) is 21.7. The van der Waals surface area contributed by atoms with E-state index in [1.165, 1.54) is 0 Å². The number of carbonyl (C=O) groups excluding carboxylic acids is 2. The van der Waals surface area contributed by atoms with E-state index in [0.717, 1.165) is 12.8 Å². The number of hydrogen-bond acceptors (Lipinski definition) is 6.